The molecule has 44 heavy (non-hydrogen) atoms. The number of anilines is 2. The summed E-state index contributed by atoms with van der Waals surface area (Å²) >= 11 is 6.18. The van der Waals surface area contributed by atoms with Gasteiger partial charge in [0.15, 0.2) is 0 Å². The number of nitrogens with zero attached hydrogens (tertiary/aromatic N) is 4. The first-order valence-corrected chi connectivity index (χ1v) is 16.1. The van der Waals surface area contributed by atoms with Gasteiger partial charge in [0.2, 0.25) is 0 Å². The van der Waals surface area contributed by atoms with Gasteiger partial charge in [-0.1, -0.05) is 48.0 Å². The average molecular weight is 650 g/mol. The highest BCUT2D eigenvalue weighted by Crippen LogP contribution is 2.39. The molecule has 224 valence electrons. The first-order valence-electron chi connectivity index (χ1n) is 12.9. The van der Waals surface area contributed by atoms with Crippen LogP contribution in [0.3, 0.4) is 0 Å². The van der Waals surface area contributed by atoms with E-state index in [9.17, 15) is 25.9 Å². The Morgan fingerprint density at radius 1 is 0.659 bits per heavy atom. The van der Waals surface area contributed by atoms with Crippen molar-refractivity contribution in [3.05, 3.63) is 107 Å². The predicted molar refractivity (Wildman–Crippen MR) is 169 cm³/mol. The highest BCUT2D eigenvalue weighted by atomic mass is 35.5. The van der Waals surface area contributed by atoms with E-state index < -0.39 is 25.1 Å². The molecule has 0 heterocycles. The number of hydrogen-bond donors (Lipinski definition) is 3. The van der Waals surface area contributed by atoms with Gasteiger partial charge >= 0.3 is 0 Å². The summed E-state index contributed by atoms with van der Waals surface area (Å²) in [7, 11) is -9.10. The van der Waals surface area contributed by atoms with E-state index in [1.54, 1.807) is 50.2 Å². The summed E-state index contributed by atoms with van der Waals surface area (Å²) in [5.41, 5.74) is 3.82. The molecule has 11 nitrogen and oxygen atoms in total. The summed E-state index contributed by atoms with van der Waals surface area (Å²) < 4.78 is 67.1. The summed E-state index contributed by atoms with van der Waals surface area (Å²) in [6, 6.07) is 24.7. The van der Waals surface area contributed by atoms with Gasteiger partial charge in [-0.2, -0.15) is 27.1 Å². The van der Waals surface area contributed by atoms with Crippen molar-refractivity contribution in [1.29, 1.82) is 0 Å². The Labute approximate surface area is 258 Å². The average Bonchev–Trinajstić information content (AvgIpc) is 2.96. The quantitative estimate of drug-likeness (QED) is 0.111. The first-order chi connectivity index (χ1) is 20.8. The van der Waals surface area contributed by atoms with Crippen molar-refractivity contribution in [3.8, 4) is 0 Å². The molecule has 0 saturated heterocycles. The van der Waals surface area contributed by atoms with Crippen molar-refractivity contribution in [2.24, 2.45) is 20.5 Å². The Bertz CT molecular complexity index is 2190. The highest BCUT2D eigenvalue weighted by molar-refractivity contribution is 7.86. The number of fused-ring (bicyclic) bond motifs is 1. The number of benzene rings is 5. The second-order valence-corrected chi connectivity index (χ2v) is 12.8. The third-order valence-electron chi connectivity index (χ3n) is 6.58. The summed E-state index contributed by atoms with van der Waals surface area (Å²) in [6.07, 6.45) is 0. The van der Waals surface area contributed by atoms with Crippen LogP contribution in [-0.2, 0) is 20.2 Å². The molecule has 0 bridgehead atoms. The van der Waals surface area contributed by atoms with Gasteiger partial charge in [0.05, 0.1) is 22.1 Å². The Kier molecular flexibility index (Phi) is 8.59. The molecular weight excluding hydrogens is 626 g/mol. The van der Waals surface area contributed by atoms with Gasteiger partial charge in [0.25, 0.3) is 20.2 Å². The highest BCUT2D eigenvalue weighted by Gasteiger charge is 2.20. The first kappa shape index (κ1) is 30.9. The van der Waals surface area contributed by atoms with Crippen LogP contribution in [0.15, 0.2) is 121 Å². The summed E-state index contributed by atoms with van der Waals surface area (Å²) in [5, 5.41) is 20.7. The van der Waals surface area contributed by atoms with Crippen LogP contribution in [0.5, 0.6) is 0 Å². The third kappa shape index (κ3) is 6.67. The van der Waals surface area contributed by atoms with Crippen LogP contribution in [0.1, 0.15) is 11.1 Å². The molecule has 5 aromatic carbocycles. The van der Waals surface area contributed by atoms with Crippen LogP contribution >= 0.6 is 11.6 Å². The maximum absolute atomic E-state index is 12.3. The van der Waals surface area contributed by atoms with Crippen molar-refractivity contribution in [1.82, 2.24) is 0 Å². The lowest BCUT2D eigenvalue weighted by atomic mass is 10.1. The molecule has 0 aliphatic carbocycles. The van der Waals surface area contributed by atoms with Crippen LogP contribution in [0.4, 0.5) is 34.1 Å². The molecule has 0 saturated carbocycles. The number of halogens is 1. The Balaban J connectivity index is 1.48. The minimum Gasteiger partial charge on any atom is -0.355 e. The van der Waals surface area contributed by atoms with E-state index in [1.807, 2.05) is 30.3 Å². The van der Waals surface area contributed by atoms with Gasteiger partial charge in [-0.05, 0) is 79.6 Å². The second kappa shape index (κ2) is 12.2. The number of aryl methyl sites for hydroxylation is 2. The Morgan fingerprint density at radius 2 is 1.34 bits per heavy atom. The fourth-order valence-corrected chi connectivity index (χ4v) is 6.27. The van der Waals surface area contributed by atoms with Gasteiger partial charge in [-0.15, -0.1) is 10.2 Å². The lowest BCUT2D eigenvalue weighted by Crippen LogP contribution is -2.01. The maximum atomic E-state index is 12.3. The molecule has 14 heteroatoms. The molecule has 0 radical (unpaired) electrons. The van der Waals surface area contributed by atoms with Gasteiger partial charge < -0.3 is 5.32 Å². The molecule has 0 amide bonds. The van der Waals surface area contributed by atoms with Crippen molar-refractivity contribution >= 4 is 76.7 Å². The van der Waals surface area contributed by atoms with Crippen molar-refractivity contribution < 1.29 is 25.9 Å². The smallest absolute Gasteiger partial charge is 0.296 e. The lowest BCUT2D eigenvalue weighted by Gasteiger charge is -2.14. The molecule has 3 N–H and O–H groups in total. The van der Waals surface area contributed by atoms with Gasteiger partial charge in [0.1, 0.15) is 15.5 Å². The minimum absolute atomic E-state index is 0.101. The summed E-state index contributed by atoms with van der Waals surface area (Å²) in [5.74, 6) is 0. The number of para-hydroxylation sites is 1. The molecule has 5 rings (SSSR count). The van der Waals surface area contributed by atoms with Gasteiger partial charge in [-0.3, -0.25) is 9.11 Å². The second-order valence-electron chi connectivity index (χ2n) is 9.67. The van der Waals surface area contributed by atoms with Crippen LogP contribution in [0, 0.1) is 13.8 Å². The molecule has 0 atom stereocenters. The zero-order valence-electron chi connectivity index (χ0n) is 23.2. The summed E-state index contributed by atoms with van der Waals surface area (Å²) in [6.45, 7) is 3.46. The molecule has 0 unspecified atom stereocenters. The van der Waals surface area contributed by atoms with E-state index in [1.165, 1.54) is 24.3 Å². The molecule has 0 aliphatic rings. The predicted octanol–water partition coefficient (Wildman–Crippen LogP) is 9.18. The van der Waals surface area contributed by atoms with E-state index in [0.29, 0.717) is 39.3 Å². The number of nitrogens with one attached hydrogen (secondary N) is 1. The van der Waals surface area contributed by atoms with Crippen LogP contribution in [0.25, 0.3) is 10.8 Å². The van der Waals surface area contributed by atoms with Crippen molar-refractivity contribution in [2.45, 2.75) is 23.6 Å². The molecule has 0 aliphatic heterocycles. The lowest BCUT2D eigenvalue weighted by molar-refractivity contribution is 0.481. The molecule has 0 fully saturated rings. The van der Waals surface area contributed by atoms with Crippen molar-refractivity contribution in [3.63, 3.8) is 0 Å². The van der Waals surface area contributed by atoms with Crippen LogP contribution in [0.2, 0.25) is 5.02 Å². The van der Waals surface area contributed by atoms with Crippen LogP contribution in [-0.4, -0.2) is 25.9 Å². The number of azo groups is 2. The molecule has 0 aromatic heterocycles. The normalized spacial score (nSPS) is 12.4. The monoisotopic (exact) mass is 649 g/mol. The Morgan fingerprint density at radius 3 is 2.02 bits per heavy atom. The largest absolute Gasteiger partial charge is 0.355 e. The van der Waals surface area contributed by atoms with E-state index >= 15 is 0 Å². The SMILES string of the molecule is Cc1cc(N=Nc2c(C)ccc(S(=O)(=O)O)c2Cl)ccc1N=Nc1ccc(Nc2ccccc2)c2c(S(=O)(=O)O)cccc12. The van der Waals surface area contributed by atoms with E-state index in [-0.39, 0.29) is 21.0 Å². The molecular formula is C30H24ClN5O6S2. The number of hydrogen-bond acceptors (Lipinski definition) is 9. The summed E-state index contributed by atoms with van der Waals surface area (Å²) in [4.78, 5) is -0.736. The van der Waals surface area contributed by atoms with Gasteiger partial charge in [-0.25, -0.2) is 0 Å². The zero-order valence-corrected chi connectivity index (χ0v) is 25.6. The van der Waals surface area contributed by atoms with E-state index in [0.717, 1.165) is 5.69 Å². The number of rotatable bonds is 8. The molecule has 0 spiro atoms. The third-order valence-corrected chi connectivity index (χ3v) is 8.87. The maximum Gasteiger partial charge on any atom is 0.296 e. The fourth-order valence-electron chi connectivity index (χ4n) is 4.44. The molecule has 5 aromatic rings. The Hall–Kier alpha value is -4.53. The van der Waals surface area contributed by atoms with Gasteiger partial charge in [0, 0.05) is 22.1 Å². The van der Waals surface area contributed by atoms with E-state index in [4.69, 9.17) is 11.6 Å². The standard InChI is InChI=1S/C30H24ClN5O6S2/c1-18-11-16-27(44(40,41)42)29(31)30(18)36-33-21-12-13-23(19(2)17-21)34-35-24-14-15-25(32-20-7-4-3-5-8-20)28-22(24)9-6-10-26(28)43(37,38)39/h3-17,32H,1-2H3,(H,37,38,39)(H,40,41,42). The minimum atomic E-state index is -4.56. The topological polar surface area (TPSA) is 170 Å². The van der Waals surface area contributed by atoms with Crippen molar-refractivity contribution in [2.75, 3.05) is 5.32 Å². The fraction of sp³-hybridized carbons (Fsp3) is 0.0667. The zero-order chi connectivity index (χ0) is 31.6. The van der Waals surface area contributed by atoms with E-state index in [2.05, 4.69) is 25.8 Å². The van der Waals surface area contributed by atoms with Crippen LogP contribution < -0.4 is 5.32 Å².